The highest BCUT2D eigenvalue weighted by Crippen LogP contribution is 2.35. The number of hydrogen-bond acceptors (Lipinski definition) is 4. The van der Waals surface area contributed by atoms with Crippen LogP contribution in [0.3, 0.4) is 0 Å². The average Bonchev–Trinajstić information content (AvgIpc) is 2.53. The first-order chi connectivity index (χ1) is 11.7. The molecule has 0 aliphatic carbocycles. The Balaban J connectivity index is 2.34. The van der Waals surface area contributed by atoms with Crippen molar-refractivity contribution in [2.75, 3.05) is 7.11 Å². The summed E-state index contributed by atoms with van der Waals surface area (Å²) in [5.74, 6) is 2.41. The number of methoxy groups -OCH3 is 1. The minimum Gasteiger partial charge on any atom is -0.497 e. The van der Waals surface area contributed by atoms with Crippen LogP contribution in [0.2, 0.25) is 0 Å². The lowest BCUT2D eigenvalue weighted by molar-refractivity contribution is -0.130. The summed E-state index contributed by atoms with van der Waals surface area (Å²) in [6.45, 7) is 13.0. The van der Waals surface area contributed by atoms with Crippen molar-refractivity contribution in [1.82, 2.24) is 0 Å². The van der Waals surface area contributed by atoms with Crippen LogP contribution >= 0.6 is 0 Å². The third kappa shape index (κ3) is 4.21. The molecule has 0 unspecified atom stereocenters. The van der Waals surface area contributed by atoms with Gasteiger partial charge in [-0.3, -0.25) is 0 Å². The predicted octanol–water partition coefficient (Wildman–Crippen LogP) is 5.20. The van der Waals surface area contributed by atoms with Gasteiger partial charge in [0.1, 0.15) is 23.0 Å². The summed E-state index contributed by atoms with van der Waals surface area (Å²) in [6, 6.07) is 7.59. The van der Waals surface area contributed by atoms with E-state index in [4.69, 9.17) is 14.2 Å². The van der Waals surface area contributed by atoms with Gasteiger partial charge in [-0.1, -0.05) is 6.58 Å². The molecule has 0 aliphatic rings. The standard InChI is InChI=1S/C21H24O4/c1-12(2)21(22)25-20-15(5)10-18(11-16(20)6)24-19-13(3)8-17(23-7)9-14(19)4/h8-11H,1H2,2-7H3. The van der Waals surface area contributed by atoms with Gasteiger partial charge >= 0.3 is 5.97 Å². The van der Waals surface area contributed by atoms with Gasteiger partial charge in [0.25, 0.3) is 0 Å². The first kappa shape index (κ1) is 18.6. The normalized spacial score (nSPS) is 10.3. The Bertz CT molecular complexity index is 788. The molecule has 132 valence electrons. The van der Waals surface area contributed by atoms with Crippen LogP contribution in [0, 0.1) is 27.7 Å². The van der Waals surface area contributed by atoms with Gasteiger partial charge in [0, 0.05) is 5.57 Å². The first-order valence-electron chi connectivity index (χ1n) is 8.05. The largest absolute Gasteiger partial charge is 0.497 e. The van der Waals surface area contributed by atoms with Crippen molar-refractivity contribution in [2.24, 2.45) is 0 Å². The molecule has 0 aliphatic heterocycles. The molecule has 0 spiro atoms. The van der Waals surface area contributed by atoms with Crippen LogP contribution in [0.15, 0.2) is 36.4 Å². The fourth-order valence-electron chi connectivity index (χ4n) is 2.62. The molecule has 0 atom stereocenters. The fraction of sp³-hybridized carbons (Fsp3) is 0.286. The van der Waals surface area contributed by atoms with Gasteiger partial charge in [0.2, 0.25) is 0 Å². The van der Waals surface area contributed by atoms with Crippen molar-refractivity contribution in [2.45, 2.75) is 34.6 Å². The summed E-state index contributed by atoms with van der Waals surface area (Å²) < 4.78 is 16.8. The van der Waals surface area contributed by atoms with Gasteiger partial charge in [-0.2, -0.15) is 0 Å². The molecule has 0 aromatic heterocycles. The van der Waals surface area contributed by atoms with Gasteiger partial charge in [-0.05, 0) is 81.1 Å². The number of carbonyl (C=O) groups is 1. The minimum absolute atomic E-state index is 0.364. The van der Waals surface area contributed by atoms with Crippen LogP contribution in [-0.2, 0) is 4.79 Å². The van der Waals surface area contributed by atoms with Gasteiger partial charge in [0.15, 0.2) is 0 Å². The average molecular weight is 340 g/mol. The van der Waals surface area contributed by atoms with E-state index in [1.807, 2.05) is 52.0 Å². The zero-order valence-corrected chi connectivity index (χ0v) is 15.6. The zero-order valence-electron chi connectivity index (χ0n) is 15.6. The SMILES string of the molecule is C=C(C)C(=O)Oc1c(C)cc(Oc2c(C)cc(OC)cc2C)cc1C. The summed E-state index contributed by atoms with van der Waals surface area (Å²) >= 11 is 0. The Morgan fingerprint density at radius 1 is 0.840 bits per heavy atom. The number of rotatable bonds is 5. The number of hydrogen-bond donors (Lipinski definition) is 0. The highest BCUT2D eigenvalue weighted by molar-refractivity contribution is 5.89. The Labute approximate surface area is 149 Å². The van der Waals surface area contributed by atoms with Crippen LogP contribution < -0.4 is 14.2 Å². The second-order valence-electron chi connectivity index (χ2n) is 6.25. The van der Waals surface area contributed by atoms with E-state index in [9.17, 15) is 4.79 Å². The molecule has 0 N–H and O–H groups in total. The number of benzene rings is 2. The van der Waals surface area contributed by atoms with Gasteiger partial charge in [-0.25, -0.2) is 4.79 Å². The number of carbonyl (C=O) groups excluding carboxylic acids is 1. The van der Waals surface area contributed by atoms with Crippen molar-refractivity contribution in [3.8, 4) is 23.0 Å². The number of aryl methyl sites for hydroxylation is 4. The lowest BCUT2D eigenvalue weighted by atomic mass is 10.1. The third-order valence-electron chi connectivity index (χ3n) is 3.87. The predicted molar refractivity (Wildman–Crippen MR) is 98.9 cm³/mol. The lowest BCUT2D eigenvalue weighted by Gasteiger charge is -2.16. The zero-order chi connectivity index (χ0) is 18.7. The molecule has 2 aromatic rings. The van der Waals surface area contributed by atoms with Crippen molar-refractivity contribution < 1.29 is 19.0 Å². The molecule has 4 nitrogen and oxygen atoms in total. The smallest absolute Gasteiger partial charge is 0.338 e. The molecular formula is C21H24O4. The van der Waals surface area contributed by atoms with E-state index in [1.54, 1.807) is 14.0 Å². The van der Waals surface area contributed by atoms with E-state index in [0.29, 0.717) is 17.1 Å². The monoisotopic (exact) mass is 340 g/mol. The second kappa shape index (κ2) is 7.43. The molecule has 4 heteroatoms. The molecule has 0 radical (unpaired) electrons. The summed E-state index contributed by atoms with van der Waals surface area (Å²) in [4.78, 5) is 11.8. The minimum atomic E-state index is -0.429. The maximum Gasteiger partial charge on any atom is 0.338 e. The lowest BCUT2D eigenvalue weighted by Crippen LogP contribution is -2.10. The Kier molecular flexibility index (Phi) is 5.52. The van der Waals surface area contributed by atoms with Crippen molar-refractivity contribution in [3.05, 3.63) is 58.7 Å². The maximum absolute atomic E-state index is 11.8. The van der Waals surface area contributed by atoms with Crippen LogP contribution in [-0.4, -0.2) is 13.1 Å². The summed E-state index contributed by atoms with van der Waals surface area (Å²) in [7, 11) is 1.65. The molecule has 0 saturated heterocycles. The molecule has 0 heterocycles. The second-order valence-corrected chi connectivity index (χ2v) is 6.25. The van der Waals surface area contributed by atoms with Crippen molar-refractivity contribution >= 4 is 5.97 Å². The Hall–Kier alpha value is -2.75. The molecule has 0 amide bonds. The van der Waals surface area contributed by atoms with Crippen LogP contribution in [0.1, 0.15) is 29.2 Å². The highest BCUT2D eigenvalue weighted by Gasteiger charge is 2.14. The molecule has 0 fully saturated rings. The van der Waals surface area contributed by atoms with Crippen molar-refractivity contribution in [1.29, 1.82) is 0 Å². The van der Waals surface area contributed by atoms with Gasteiger partial charge in [-0.15, -0.1) is 0 Å². The van der Waals surface area contributed by atoms with Crippen molar-refractivity contribution in [3.63, 3.8) is 0 Å². The highest BCUT2D eigenvalue weighted by atomic mass is 16.5. The molecular weight excluding hydrogens is 316 g/mol. The fourth-order valence-corrected chi connectivity index (χ4v) is 2.62. The van der Waals surface area contributed by atoms with E-state index in [1.165, 1.54) is 0 Å². The van der Waals surface area contributed by atoms with Crippen LogP contribution in [0.4, 0.5) is 0 Å². The number of ether oxygens (including phenoxy) is 3. The van der Waals surface area contributed by atoms with Gasteiger partial charge in [0.05, 0.1) is 7.11 Å². The number of esters is 1. The maximum atomic E-state index is 11.8. The molecule has 2 rings (SSSR count). The van der Waals surface area contributed by atoms with E-state index < -0.39 is 5.97 Å². The molecule has 0 bridgehead atoms. The Morgan fingerprint density at radius 3 is 1.72 bits per heavy atom. The molecule has 2 aromatic carbocycles. The third-order valence-corrected chi connectivity index (χ3v) is 3.87. The van der Waals surface area contributed by atoms with Crippen LogP contribution in [0.25, 0.3) is 0 Å². The summed E-state index contributed by atoms with van der Waals surface area (Å²) in [5.41, 5.74) is 4.00. The topological polar surface area (TPSA) is 44.8 Å². The first-order valence-corrected chi connectivity index (χ1v) is 8.05. The van der Waals surface area contributed by atoms with E-state index >= 15 is 0 Å². The molecule has 0 saturated carbocycles. The van der Waals surface area contributed by atoms with E-state index in [0.717, 1.165) is 33.8 Å². The Morgan fingerprint density at radius 2 is 1.28 bits per heavy atom. The quantitative estimate of drug-likeness (QED) is 0.426. The van der Waals surface area contributed by atoms with E-state index in [-0.39, 0.29) is 0 Å². The summed E-state index contributed by atoms with van der Waals surface area (Å²) in [6.07, 6.45) is 0. The molecule has 25 heavy (non-hydrogen) atoms. The summed E-state index contributed by atoms with van der Waals surface area (Å²) in [5, 5.41) is 0. The van der Waals surface area contributed by atoms with E-state index in [2.05, 4.69) is 6.58 Å². The van der Waals surface area contributed by atoms with Gasteiger partial charge < -0.3 is 14.2 Å². The van der Waals surface area contributed by atoms with Crippen LogP contribution in [0.5, 0.6) is 23.0 Å².